The zero-order valence-corrected chi connectivity index (χ0v) is 14.7. The molecule has 8 heteroatoms. The lowest BCUT2D eigenvalue weighted by Gasteiger charge is -2.32. The smallest absolute Gasteiger partial charge is 0.257 e. The minimum atomic E-state index is -0.0314. The molecular weight excluding hydrogens is 346 g/mol. The molecule has 1 saturated heterocycles. The predicted octanol–water partition coefficient (Wildman–Crippen LogP) is 2.58. The summed E-state index contributed by atoms with van der Waals surface area (Å²) >= 11 is 5.90. The zero-order valence-electron chi connectivity index (χ0n) is 14.0. The molecule has 2 aromatic rings. The average Bonchev–Trinajstić information content (AvgIpc) is 3.24. The lowest BCUT2D eigenvalue weighted by molar-refractivity contribution is -0.122. The second kappa shape index (κ2) is 7.74. The van der Waals surface area contributed by atoms with Gasteiger partial charge in [-0.1, -0.05) is 5.16 Å². The van der Waals surface area contributed by atoms with Gasteiger partial charge in [0.15, 0.2) is 0 Å². The van der Waals surface area contributed by atoms with Crippen molar-refractivity contribution in [3.05, 3.63) is 40.6 Å². The molecular formula is C17H20ClN3O4. The molecule has 2 amide bonds. The zero-order chi connectivity index (χ0) is 17.8. The summed E-state index contributed by atoms with van der Waals surface area (Å²) in [7, 11) is 0. The molecule has 0 spiro atoms. The van der Waals surface area contributed by atoms with Gasteiger partial charge in [0.1, 0.15) is 6.26 Å². The largest absolute Gasteiger partial charge is 0.472 e. The van der Waals surface area contributed by atoms with Gasteiger partial charge in [0.25, 0.3) is 5.91 Å². The van der Waals surface area contributed by atoms with Crippen molar-refractivity contribution in [2.45, 2.75) is 38.6 Å². The van der Waals surface area contributed by atoms with E-state index in [0.29, 0.717) is 37.2 Å². The van der Waals surface area contributed by atoms with Crippen molar-refractivity contribution in [3.8, 4) is 0 Å². The highest BCUT2D eigenvalue weighted by molar-refractivity contribution is 6.29. The summed E-state index contributed by atoms with van der Waals surface area (Å²) in [5.74, 6) is -0.0626. The number of carbonyl (C=O) groups excluding carboxylic acids is 2. The van der Waals surface area contributed by atoms with Crippen molar-refractivity contribution in [2.75, 3.05) is 13.1 Å². The van der Waals surface area contributed by atoms with Gasteiger partial charge in [-0.15, -0.1) is 0 Å². The van der Waals surface area contributed by atoms with E-state index in [0.717, 1.165) is 18.4 Å². The van der Waals surface area contributed by atoms with E-state index in [9.17, 15) is 9.59 Å². The molecule has 1 aliphatic heterocycles. The molecule has 3 heterocycles. The minimum absolute atomic E-state index is 0.0312. The first-order chi connectivity index (χ1) is 12.0. The Morgan fingerprint density at radius 2 is 2.16 bits per heavy atom. The van der Waals surface area contributed by atoms with E-state index in [1.54, 1.807) is 17.9 Å². The summed E-state index contributed by atoms with van der Waals surface area (Å²) in [6.07, 6.45) is 5.25. The fourth-order valence-corrected chi connectivity index (χ4v) is 3.24. The Labute approximate surface area is 150 Å². The molecule has 0 aliphatic carbocycles. The fraction of sp³-hybridized carbons (Fsp3) is 0.471. The minimum Gasteiger partial charge on any atom is -0.472 e. The lowest BCUT2D eigenvalue weighted by Crippen LogP contribution is -2.46. The van der Waals surface area contributed by atoms with Crippen LogP contribution in [0.5, 0.6) is 0 Å². The van der Waals surface area contributed by atoms with Crippen molar-refractivity contribution in [2.24, 2.45) is 0 Å². The van der Waals surface area contributed by atoms with E-state index < -0.39 is 0 Å². The normalized spacial score (nSPS) is 15.4. The van der Waals surface area contributed by atoms with Crippen LogP contribution in [0.4, 0.5) is 0 Å². The first kappa shape index (κ1) is 17.5. The van der Waals surface area contributed by atoms with Crippen molar-refractivity contribution >= 4 is 23.4 Å². The van der Waals surface area contributed by atoms with E-state index >= 15 is 0 Å². The molecule has 0 unspecified atom stereocenters. The number of halogens is 1. The van der Waals surface area contributed by atoms with Crippen LogP contribution in [0.15, 0.2) is 27.5 Å². The standard InChI is InChI=1S/C17H20ClN3O4/c1-11-14(16(18)25-20-11)2-3-15(22)19-13-4-7-21(8-5-13)17(23)12-6-9-24-10-12/h6,9-10,13H,2-5,7-8H2,1H3,(H,19,22). The average molecular weight is 366 g/mol. The van der Waals surface area contributed by atoms with E-state index in [2.05, 4.69) is 10.5 Å². The Kier molecular flexibility index (Phi) is 5.43. The van der Waals surface area contributed by atoms with Gasteiger partial charge < -0.3 is 19.2 Å². The van der Waals surface area contributed by atoms with E-state index in [-0.39, 0.29) is 23.1 Å². The first-order valence-electron chi connectivity index (χ1n) is 8.26. The predicted molar refractivity (Wildman–Crippen MR) is 90.3 cm³/mol. The van der Waals surface area contributed by atoms with Crippen LogP contribution in [-0.4, -0.2) is 41.0 Å². The number of rotatable bonds is 5. The molecule has 1 fully saturated rings. The van der Waals surface area contributed by atoms with Gasteiger partial charge in [-0.25, -0.2) is 0 Å². The van der Waals surface area contributed by atoms with Crippen LogP contribution in [0.25, 0.3) is 0 Å². The van der Waals surface area contributed by atoms with Crippen LogP contribution in [0.1, 0.15) is 40.9 Å². The Balaban J connectivity index is 1.43. The molecule has 1 aliphatic rings. The number of amides is 2. The van der Waals surface area contributed by atoms with Crippen molar-refractivity contribution in [3.63, 3.8) is 0 Å². The Morgan fingerprint density at radius 1 is 1.40 bits per heavy atom. The molecule has 0 saturated carbocycles. The van der Waals surface area contributed by atoms with Crippen molar-refractivity contribution < 1.29 is 18.5 Å². The summed E-state index contributed by atoms with van der Waals surface area (Å²) in [6, 6.07) is 1.74. The van der Waals surface area contributed by atoms with Gasteiger partial charge in [0, 0.05) is 31.1 Å². The number of aryl methyl sites for hydroxylation is 1. The first-order valence-corrected chi connectivity index (χ1v) is 8.64. The second-order valence-corrected chi connectivity index (χ2v) is 6.51. The number of piperidine rings is 1. The van der Waals surface area contributed by atoms with Gasteiger partial charge in [-0.05, 0) is 43.9 Å². The molecule has 25 heavy (non-hydrogen) atoms. The number of nitrogens with one attached hydrogen (secondary N) is 1. The summed E-state index contributed by atoms with van der Waals surface area (Å²) in [4.78, 5) is 26.2. The third-order valence-electron chi connectivity index (χ3n) is 4.45. The number of hydrogen-bond donors (Lipinski definition) is 1. The SMILES string of the molecule is Cc1noc(Cl)c1CCC(=O)NC1CCN(C(=O)c2ccoc2)CC1. The maximum atomic E-state index is 12.2. The fourth-order valence-electron chi connectivity index (χ4n) is 2.97. The Bertz CT molecular complexity index is 714. The van der Waals surface area contributed by atoms with E-state index in [1.807, 2.05) is 0 Å². The van der Waals surface area contributed by atoms with Crippen LogP contribution < -0.4 is 5.32 Å². The van der Waals surface area contributed by atoms with Crippen molar-refractivity contribution in [1.82, 2.24) is 15.4 Å². The highest BCUT2D eigenvalue weighted by Gasteiger charge is 2.25. The summed E-state index contributed by atoms with van der Waals surface area (Å²) < 4.78 is 9.83. The number of furan rings is 1. The molecule has 0 aromatic carbocycles. The number of carbonyl (C=O) groups is 2. The van der Waals surface area contributed by atoms with Crippen LogP contribution in [0, 0.1) is 6.92 Å². The van der Waals surface area contributed by atoms with E-state index in [4.69, 9.17) is 20.5 Å². The molecule has 0 atom stereocenters. The molecule has 2 aromatic heterocycles. The molecule has 0 bridgehead atoms. The van der Waals surface area contributed by atoms with Crippen LogP contribution in [-0.2, 0) is 11.2 Å². The Morgan fingerprint density at radius 3 is 2.76 bits per heavy atom. The number of aromatic nitrogens is 1. The Hall–Kier alpha value is -2.28. The number of hydrogen-bond acceptors (Lipinski definition) is 5. The molecule has 1 N–H and O–H groups in total. The van der Waals surface area contributed by atoms with Crippen molar-refractivity contribution in [1.29, 1.82) is 0 Å². The van der Waals surface area contributed by atoms with Crippen LogP contribution >= 0.6 is 11.6 Å². The summed E-state index contributed by atoms with van der Waals surface area (Å²) in [5.41, 5.74) is 2.05. The highest BCUT2D eigenvalue weighted by atomic mass is 35.5. The monoisotopic (exact) mass is 365 g/mol. The van der Waals surface area contributed by atoms with Gasteiger partial charge in [-0.3, -0.25) is 9.59 Å². The van der Waals surface area contributed by atoms with Crippen LogP contribution in [0.3, 0.4) is 0 Å². The molecule has 3 rings (SSSR count). The summed E-state index contributed by atoms with van der Waals surface area (Å²) in [5, 5.41) is 7.04. The quantitative estimate of drug-likeness (QED) is 0.879. The van der Waals surface area contributed by atoms with Crippen LogP contribution in [0.2, 0.25) is 5.22 Å². The lowest BCUT2D eigenvalue weighted by atomic mass is 10.0. The third kappa shape index (κ3) is 4.22. The van der Waals surface area contributed by atoms with Gasteiger partial charge in [0.05, 0.1) is 17.5 Å². The molecule has 7 nitrogen and oxygen atoms in total. The summed E-state index contributed by atoms with van der Waals surface area (Å²) in [6.45, 7) is 3.03. The molecule has 0 radical (unpaired) electrons. The van der Waals surface area contributed by atoms with Gasteiger partial charge in [-0.2, -0.15) is 0 Å². The van der Waals surface area contributed by atoms with E-state index in [1.165, 1.54) is 12.5 Å². The van der Waals surface area contributed by atoms with Gasteiger partial charge in [0.2, 0.25) is 11.1 Å². The number of likely N-dealkylation sites (tertiary alicyclic amines) is 1. The van der Waals surface area contributed by atoms with Gasteiger partial charge >= 0.3 is 0 Å². The third-order valence-corrected chi connectivity index (χ3v) is 4.75. The number of nitrogens with zero attached hydrogens (tertiary/aromatic N) is 2. The highest BCUT2D eigenvalue weighted by Crippen LogP contribution is 2.20. The topological polar surface area (TPSA) is 88.6 Å². The molecule has 134 valence electrons. The maximum Gasteiger partial charge on any atom is 0.257 e. The maximum absolute atomic E-state index is 12.2. The second-order valence-electron chi connectivity index (χ2n) is 6.17.